The lowest BCUT2D eigenvalue weighted by Crippen LogP contribution is -2.36. The second-order valence-electron chi connectivity index (χ2n) is 8.22. The number of benzene rings is 2. The van der Waals surface area contributed by atoms with E-state index in [1.165, 1.54) is 27.8 Å². The van der Waals surface area contributed by atoms with Gasteiger partial charge < -0.3 is 4.90 Å². The first-order valence-electron chi connectivity index (χ1n) is 11.3. The first-order valence-corrected chi connectivity index (χ1v) is 13.9. The third kappa shape index (κ3) is 6.93. The zero-order valence-electron chi connectivity index (χ0n) is 20.4. The number of fused-ring (bicyclic) bond motifs is 1. The van der Waals surface area contributed by atoms with Crippen LogP contribution in [0.5, 0.6) is 0 Å². The van der Waals surface area contributed by atoms with Crippen LogP contribution in [0.15, 0.2) is 47.4 Å². The number of nitrogens with zero attached hydrogens (tertiary/aromatic N) is 4. The summed E-state index contributed by atoms with van der Waals surface area (Å²) < 4.78 is 28.4. The Morgan fingerprint density at radius 1 is 1.03 bits per heavy atom. The Labute approximate surface area is 223 Å². The molecule has 0 unspecified atom stereocenters. The lowest BCUT2D eigenvalue weighted by atomic mass is 10.2. The third-order valence-electron chi connectivity index (χ3n) is 5.46. The summed E-state index contributed by atoms with van der Waals surface area (Å²) in [6.07, 6.45) is 1.72. The molecule has 0 fully saturated rings. The SMILES string of the molecule is CCCCN(CC)S(=O)(=O)c1ccc(C(=O)N(CCN(C)C)c2nc3c(Cl)cccc3s2)cc1.Cl. The number of hydrogen-bond acceptors (Lipinski definition) is 6. The average molecular weight is 560 g/mol. The van der Waals surface area contributed by atoms with Gasteiger partial charge in [-0.15, -0.1) is 12.4 Å². The molecule has 0 saturated heterocycles. The van der Waals surface area contributed by atoms with Crippen LogP contribution in [0, 0.1) is 0 Å². The summed E-state index contributed by atoms with van der Waals surface area (Å²) in [6, 6.07) is 11.7. The Hall–Kier alpha value is -1.75. The molecular formula is C24H32Cl2N4O3S2. The highest BCUT2D eigenvalue weighted by Crippen LogP contribution is 2.33. The van der Waals surface area contributed by atoms with Crippen molar-refractivity contribution in [3.8, 4) is 0 Å². The number of anilines is 1. The van der Waals surface area contributed by atoms with Gasteiger partial charge in [-0.3, -0.25) is 9.69 Å². The van der Waals surface area contributed by atoms with Crippen molar-refractivity contribution < 1.29 is 13.2 Å². The second kappa shape index (κ2) is 13.0. The number of unbranched alkanes of at least 4 members (excludes halogenated alkanes) is 1. The summed E-state index contributed by atoms with van der Waals surface area (Å²) in [6.45, 7) is 5.82. The van der Waals surface area contributed by atoms with Crippen LogP contribution in [0.1, 0.15) is 37.0 Å². The van der Waals surface area contributed by atoms with Gasteiger partial charge in [-0.2, -0.15) is 4.31 Å². The Bertz CT molecular complexity index is 1230. The molecule has 0 spiro atoms. The molecular weight excluding hydrogens is 527 g/mol. The van der Waals surface area contributed by atoms with E-state index in [1.54, 1.807) is 23.1 Å². The van der Waals surface area contributed by atoms with E-state index in [4.69, 9.17) is 11.6 Å². The lowest BCUT2D eigenvalue weighted by Gasteiger charge is -2.23. The van der Waals surface area contributed by atoms with Crippen LogP contribution in [0.4, 0.5) is 5.13 Å². The lowest BCUT2D eigenvalue weighted by molar-refractivity contribution is 0.0985. The van der Waals surface area contributed by atoms with Crippen LogP contribution < -0.4 is 4.90 Å². The molecule has 2 aromatic carbocycles. The van der Waals surface area contributed by atoms with Crippen LogP contribution in [-0.2, 0) is 10.0 Å². The number of para-hydroxylation sites is 1. The molecule has 0 N–H and O–H groups in total. The fraction of sp³-hybridized carbons (Fsp3) is 0.417. The van der Waals surface area contributed by atoms with Gasteiger partial charge in [-0.25, -0.2) is 13.4 Å². The van der Waals surface area contributed by atoms with E-state index in [0.717, 1.165) is 17.5 Å². The Morgan fingerprint density at radius 2 is 1.71 bits per heavy atom. The first-order chi connectivity index (χ1) is 16.2. The van der Waals surface area contributed by atoms with Gasteiger partial charge in [0.2, 0.25) is 10.0 Å². The van der Waals surface area contributed by atoms with Crippen LogP contribution in [0.25, 0.3) is 10.2 Å². The van der Waals surface area contributed by atoms with E-state index < -0.39 is 10.0 Å². The van der Waals surface area contributed by atoms with E-state index >= 15 is 0 Å². The summed E-state index contributed by atoms with van der Waals surface area (Å²) in [5, 5.41) is 1.10. The highest BCUT2D eigenvalue weighted by molar-refractivity contribution is 7.89. The van der Waals surface area contributed by atoms with E-state index in [-0.39, 0.29) is 23.2 Å². The van der Waals surface area contributed by atoms with Crippen LogP contribution >= 0.6 is 35.3 Å². The third-order valence-corrected chi connectivity index (χ3v) is 8.80. The molecule has 35 heavy (non-hydrogen) atoms. The minimum atomic E-state index is -3.60. The van der Waals surface area contributed by atoms with Gasteiger partial charge >= 0.3 is 0 Å². The van der Waals surface area contributed by atoms with Gasteiger partial charge in [0.15, 0.2) is 5.13 Å². The summed E-state index contributed by atoms with van der Waals surface area (Å²) in [5.74, 6) is -0.237. The molecule has 11 heteroatoms. The molecule has 0 aliphatic carbocycles. The van der Waals surface area contributed by atoms with Crippen molar-refractivity contribution in [3.63, 3.8) is 0 Å². The average Bonchev–Trinajstić information content (AvgIpc) is 3.24. The van der Waals surface area contributed by atoms with Crippen molar-refractivity contribution in [3.05, 3.63) is 53.1 Å². The largest absolute Gasteiger partial charge is 0.308 e. The molecule has 0 radical (unpaired) electrons. The van der Waals surface area contributed by atoms with Crippen molar-refractivity contribution in [1.29, 1.82) is 0 Å². The Kier molecular flexibility index (Phi) is 10.9. The summed E-state index contributed by atoms with van der Waals surface area (Å²) >= 11 is 7.70. The highest BCUT2D eigenvalue weighted by Gasteiger charge is 2.25. The summed E-state index contributed by atoms with van der Waals surface area (Å²) in [7, 11) is 0.275. The predicted molar refractivity (Wildman–Crippen MR) is 148 cm³/mol. The maximum Gasteiger partial charge on any atom is 0.260 e. The number of sulfonamides is 1. The standard InChI is InChI=1S/C24H31ClN4O3S2.ClH/c1-5-7-15-28(6-2)34(31,32)19-13-11-18(12-14-19)23(30)29(17-16-27(3)4)24-26-22-20(25)9-8-10-21(22)33-24;/h8-14H,5-7,15-17H2,1-4H3;1H. The topological polar surface area (TPSA) is 73.8 Å². The molecule has 0 bridgehead atoms. The zero-order chi connectivity index (χ0) is 24.9. The minimum absolute atomic E-state index is 0. The molecule has 0 aliphatic rings. The van der Waals surface area contributed by atoms with Crippen molar-refractivity contribution in [2.24, 2.45) is 0 Å². The van der Waals surface area contributed by atoms with Crippen LogP contribution in [0.2, 0.25) is 5.02 Å². The molecule has 1 aromatic heterocycles. The first kappa shape index (κ1) is 29.5. The van der Waals surface area contributed by atoms with Gasteiger partial charge in [0.05, 0.1) is 14.6 Å². The van der Waals surface area contributed by atoms with Gasteiger partial charge in [-0.05, 0) is 56.9 Å². The number of amides is 1. The van der Waals surface area contributed by atoms with Crippen LogP contribution in [-0.4, -0.2) is 68.8 Å². The van der Waals surface area contributed by atoms with Crippen molar-refractivity contribution in [2.75, 3.05) is 45.2 Å². The summed E-state index contributed by atoms with van der Waals surface area (Å²) in [5.41, 5.74) is 1.07. The van der Waals surface area contributed by atoms with Crippen molar-refractivity contribution in [2.45, 2.75) is 31.6 Å². The normalized spacial score (nSPS) is 11.7. The van der Waals surface area contributed by atoms with Gasteiger partial charge in [0, 0.05) is 31.7 Å². The Balaban J connectivity index is 0.00000432. The number of hydrogen-bond donors (Lipinski definition) is 0. The van der Waals surface area contributed by atoms with Crippen LogP contribution in [0.3, 0.4) is 0 Å². The number of aromatic nitrogens is 1. The number of likely N-dealkylation sites (N-methyl/N-ethyl adjacent to an activating group) is 1. The molecule has 0 saturated carbocycles. The molecule has 7 nitrogen and oxygen atoms in total. The van der Waals surface area contributed by atoms with E-state index in [2.05, 4.69) is 4.98 Å². The number of carbonyl (C=O) groups excluding carboxylic acids is 1. The van der Waals surface area contributed by atoms with Crippen molar-refractivity contribution >= 4 is 66.6 Å². The molecule has 3 rings (SSSR count). The highest BCUT2D eigenvalue weighted by atomic mass is 35.5. The Morgan fingerprint density at radius 3 is 2.29 bits per heavy atom. The minimum Gasteiger partial charge on any atom is -0.308 e. The molecule has 192 valence electrons. The van der Waals surface area contributed by atoms with Crippen molar-refractivity contribution in [1.82, 2.24) is 14.2 Å². The maximum absolute atomic E-state index is 13.5. The van der Waals surface area contributed by atoms with E-state index in [1.807, 2.05) is 45.0 Å². The van der Waals surface area contributed by atoms with Gasteiger partial charge in [0.1, 0.15) is 5.52 Å². The molecule has 0 atom stereocenters. The fourth-order valence-corrected chi connectivity index (χ4v) is 6.24. The maximum atomic E-state index is 13.5. The predicted octanol–water partition coefficient (Wildman–Crippen LogP) is 5.39. The number of thiazole rings is 1. The van der Waals surface area contributed by atoms with E-state index in [9.17, 15) is 13.2 Å². The second-order valence-corrected chi connectivity index (χ2v) is 11.6. The molecule has 1 heterocycles. The smallest absolute Gasteiger partial charge is 0.260 e. The number of halogens is 2. The number of rotatable bonds is 11. The van der Waals surface area contributed by atoms with Gasteiger partial charge in [0.25, 0.3) is 5.91 Å². The molecule has 3 aromatic rings. The number of carbonyl (C=O) groups is 1. The quantitative estimate of drug-likeness (QED) is 0.315. The zero-order valence-corrected chi connectivity index (χ0v) is 23.6. The molecule has 0 aliphatic heterocycles. The van der Waals surface area contributed by atoms with E-state index in [0.29, 0.717) is 47.4 Å². The monoisotopic (exact) mass is 558 g/mol. The fourth-order valence-electron chi connectivity index (χ4n) is 3.46. The molecule has 1 amide bonds. The summed E-state index contributed by atoms with van der Waals surface area (Å²) in [4.78, 5) is 21.9. The van der Waals surface area contributed by atoms with Gasteiger partial charge in [-0.1, -0.05) is 49.3 Å².